The van der Waals surface area contributed by atoms with E-state index in [1.165, 1.54) is 4.90 Å². The Hall–Kier alpha value is -2.99. The highest BCUT2D eigenvalue weighted by atomic mass is 32.1. The lowest BCUT2D eigenvalue weighted by Crippen LogP contribution is -2.30. The van der Waals surface area contributed by atoms with Crippen molar-refractivity contribution in [1.29, 1.82) is 0 Å². The maximum absolute atomic E-state index is 12.8. The summed E-state index contributed by atoms with van der Waals surface area (Å²) < 4.78 is 1.55. The zero-order valence-corrected chi connectivity index (χ0v) is 12.8. The Morgan fingerprint density at radius 3 is 2.04 bits per heavy atom. The van der Waals surface area contributed by atoms with Gasteiger partial charge in [-0.2, -0.15) is 5.10 Å². The van der Waals surface area contributed by atoms with Crippen molar-refractivity contribution in [1.82, 2.24) is 9.78 Å². The number of hydrogen-bond acceptors (Lipinski definition) is 4. The first-order chi connectivity index (χ1) is 11.2. The predicted molar refractivity (Wildman–Crippen MR) is 92.9 cm³/mol. The van der Waals surface area contributed by atoms with Gasteiger partial charge in [-0.1, -0.05) is 48.6 Å². The first kappa shape index (κ1) is 13.7. The Morgan fingerprint density at radius 2 is 1.48 bits per heavy atom. The molecular formula is C17H12N4OS. The lowest BCUT2D eigenvalue weighted by molar-refractivity contribution is 0.101. The third-order valence-electron chi connectivity index (χ3n) is 3.76. The van der Waals surface area contributed by atoms with Crippen molar-refractivity contribution in [2.24, 2.45) is 0 Å². The standard InChI is InChI=1S/C17H12N4OS/c18-15-13-14(19-21(15)12-9-5-2-6-10-12)17(23)20(16(13)22)11-7-3-1-4-8-11/h1-10H,18H2. The van der Waals surface area contributed by atoms with Crippen LogP contribution in [0.2, 0.25) is 0 Å². The zero-order valence-electron chi connectivity index (χ0n) is 12.0. The zero-order chi connectivity index (χ0) is 16.0. The van der Waals surface area contributed by atoms with E-state index in [9.17, 15) is 4.79 Å². The van der Waals surface area contributed by atoms with Gasteiger partial charge in [-0.15, -0.1) is 0 Å². The molecule has 5 nitrogen and oxygen atoms in total. The van der Waals surface area contributed by atoms with Gasteiger partial charge in [0, 0.05) is 0 Å². The van der Waals surface area contributed by atoms with E-state index in [0.717, 1.165) is 5.69 Å². The fourth-order valence-electron chi connectivity index (χ4n) is 2.68. The molecule has 112 valence electrons. The number of carbonyl (C=O) groups is 1. The van der Waals surface area contributed by atoms with Crippen LogP contribution in [-0.4, -0.2) is 20.7 Å². The third kappa shape index (κ3) is 1.96. The molecule has 0 bridgehead atoms. The number of carbonyl (C=O) groups excluding carboxylic acids is 1. The number of aromatic nitrogens is 2. The molecule has 1 aliphatic rings. The SMILES string of the molecule is Nc1c2c(nn1-c1ccccc1)C(=S)N(c1ccccc1)C2=O. The molecule has 1 aromatic heterocycles. The molecule has 0 spiro atoms. The fourth-order valence-corrected chi connectivity index (χ4v) is 3.01. The van der Waals surface area contributed by atoms with Crippen molar-refractivity contribution in [2.45, 2.75) is 0 Å². The van der Waals surface area contributed by atoms with Gasteiger partial charge in [0.25, 0.3) is 5.91 Å². The Balaban J connectivity index is 1.83. The Kier molecular flexibility index (Phi) is 2.99. The number of nitrogens with two attached hydrogens (primary N) is 1. The normalized spacial score (nSPS) is 13.5. The van der Waals surface area contributed by atoms with Crippen LogP contribution in [0.25, 0.3) is 5.69 Å². The van der Waals surface area contributed by atoms with Crippen molar-refractivity contribution in [3.8, 4) is 5.69 Å². The van der Waals surface area contributed by atoms with Crippen LogP contribution in [0.4, 0.5) is 11.5 Å². The molecule has 0 unspecified atom stereocenters. The largest absolute Gasteiger partial charge is 0.383 e. The van der Waals surface area contributed by atoms with Gasteiger partial charge < -0.3 is 5.73 Å². The van der Waals surface area contributed by atoms with Gasteiger partial charge in [0.1, 0.15) is 22.1 Å². The topological polar surface area (TPSA) is 64.2 Å². The van der Waals surface area contributed by atoms with Gasteiger partial charge in [-0.05, 0) is 24.3 Å². The summed E-state index contributed by atoms with van der Waals surface area (Å²) in [6.07, 6.45) is 0. The Bertz CT molecular complexity index is 919. The monoisotopic (exact) mass is 320 g/mol. The second-order valence-corrected chi connectivity index (χ2v) is 5.52. The van der Waals surface area contributed by atoms with E-state index in [4.69, 9.17) is 18.0 Å². The molecule has 4 rings (SSSR count). The summed E-state index contributed by atoms with van der Waals surface area (Å²) in [4.78, 5) is 14.6. The van der Waals surface area contributed by atoms with E-state index in [1.807, 2.05) is 60.7 Å². The van der Waals surface area contributed by atoms with Crippen LogP contribution in [0, 0.1) is 0 Å². The molecule has 0 saturated carbocycles. The molecule has 23 heavy (non-hydrogen) atoms. The second kappa shape index (κ2) is 5.03. The number of thiocarbonyl (C=S) groups is 1. The van der Waals surface area contributed by atoms with Gasteiger partial charge in [-0.3, -0.25) is 9.69 Å². The minimum atomic E-state index is -0.240. The highest BCUT2D eigenvalue weighted by Crippen LogP contribution is 2.33. The van der Waals surface area contributed by atoms with Gasteiger partial charge in [0.05, 0.1) is 11.4 Å². The van der Waals surface area contributed by atoms with Crippen LogP contribution in [0.3, 0.4) is 0 Å². The highest BCUT2D eigenvalue weighted by molar-refractivity contribution is 7.81. The molecule has 6 heteroatoms. The van der Waals surface area contributed by atoms with Crippen LogP contribution < -0.4 is 10.6 Å². The predicted octanol–water partition coefficient (Wildman–Crippen LogP) is 2.79. The summed E-state index contributed by atoms with van der Waals surface area (Å²) in [5, 5.41) is 4.46. The molecule has 2 aromatic carbocycles. The smallest absolute Gasteiger partial charge is 0.269 e. The average Bonchev–Trinajstić information content (AvgIpc) is 3.05. The first-order valence-electron chi connectivity index (χ1n) is 7.06. The molecule has 1 amide bonds. The number of nitrogen functional groups attached to an aromatic ring is 1. The number of hydrogen-bond donors (Lipinski definition) is 1. The van der Waals surface area contributed by atoms with Crippen LogP contribution >= 0.6 is 12.2 Å². The van der Waals surface area contributed by atoms with Crippen LogP contribution in [-0.2, 0) is 0 Å². The molecule has 3 aromatic rings. The summed E-state index contributed by atoms with van der Waals surface area (Å²) in [6, 6.07) is 18.7. The van der Waals surface area contributed by atoms with Gasteiger partial charge in [0.2, 0.25) is 0 Å². The molecule has 0 fully saturated rings. The molecule has 0 aliphatic carbocycles. The van der Waals surface area contributed by atoms with Crippen molar-refractivity contribution in [3.63, 3.8) is 0 Å². The third-order valence-corrected chi connectivity index (χ3v) is 4.13. The molecule has 0 atom stereocenters. The van der Waals surface area contributed by atoms with E-state index in [0.29, 0.717) is 27.8 Å². The summed E-state index contributed by atoms with van der Waals surface area (Å²) in [6.45, 7) is 0. The minimum Gasteiger partial charge on any atom is -0.383 e. The number of para-hydroxylation sites is 2. The van der Waals surface area contributed by atoms with Crippen LogP contribution in [0.1, 0.15) is 16.1 Å². The van der Waals surface area contributed by atoms with Gasteiger partial charge >= 0.3 is 0 Å². The molecule has 2 N–H and O–H groups in total. The number of benzene rings is 2. The van der Waals surface area contributed by atoms with Crippen molar-refractivity contribution < 1.29 is 4.79 Å². The number of nitrogens with zero attached hydrogens (tertiary/aromatic N) is 3. The molecule has 0 saturated heterocycles. The van der Waals surface area contributed by atoms with E-state index >= 15 is 0 Å². The number of anilines is 2. The first-order valence-corrected chi connectivity index (χ1v) is 7.47. The van der Waals surface area contributed by atoms with Crippen molar-refractivity contribution >= 4 is 34.6 Å². The summed E-state index contributed by atoms with van der Waals surface area (Å²) >= 11 is 5.45. The van der Waals surface area contributed by atoms with E-state index in [1.54, 1.807) is 4.68 Å². The summed E-state index contributed by atoms with van der Waals surface area (Å²) in [7, 11) is 0. The molecular weight excluding hydrogens is 308 g/mol. The number of fused-ring (bicyclic) bond motifs is 1. The molecule has 0 radical (unpaired) electrons. The van der Waals surface area contributed by atoms with Gasteiger partial charge in [-0.25, -0.2) is 4.68 Å². The summed E-state index contributed by atoms with van der Waals surface area (Å²) in [5.74, 6) is 0.0628. The van der Waals surface area contributed by atoms with Crippen molar-refractivity contribution in [3.05, 3.63) is 71.9 Å². The fraction of sp³-hybridized carbons (Fsp3) is 0. The van der Waals surface area contributed by atoms with Crippen molar-refractivity contribution in [2.75, 3.05) is 10.6 Å². The average molecular weight is 320 g/mol. The van der Waals surface area contributed by atoms with E-state index in [-0.39, 0.29) is 5.91 Å². The summed E-state index contributed by atoms with van der Waals surface area (Å²) in [5.41, 5.74) is 8.50. The quantitative estimate of drug-likeness (QED) is 0.738. The Labute approximate surface area is 137 Å². The molecule has 1 aliphatic heterocycles. The van der Waals surface area contributed by atoms with E-state index < -0.39 is 0 Å². The lowest BCUT2D eigenvalue weighted by atomic mass is 10.2. The maximum Gasteiger partial charge on any atom is 0.269 e. The number of rotatable bonds is 2. The van der Waals surface area contributed by atoms with E-state index in [2.05, 4.69) is 5.10 Å². The highest BCUT2D eigenvalue weighted by Gasteiger charge is 2.39. The lowest BCUT2D eigenvalue weighted by Gasteiger charge is -2.16. The Morgan fingerprint density at radius 1 is 0.913 bits per heavy atom. The molecule has 2 heterocycles. The minimum absolute atomic E-state index is 0.240. The second-order valence-electron chi connectivity index (χ2n) is 5.14. The maximum atomic E-state index is 12.8. The van der Waals surface area contributed by atoms with Crippen LogP contribution in [0.15, 0.2) is 60.7 Å². The van der Waals surface area contributed by atoms with Crippen LogP contribution in [0.5, 0.6) is 0 Å². The van der Waals surface area contributed by atoms with Gasteiger partial charge in [0.15, 0.2) is 0 Å². The number of amides is 1.